The normalized spacial score (nSPS) is 12.0. The van der Waals surface area contributed by atoms with Crippen LogP contribution in [0.25, 0.3) is 90.9 Å². The molecule has 4 nitrogen and oxygen atoms in total. The zero-order valence-corrected chi connectivity index (χ0v) is 39.3. The third-order valence-corrected chi connectivity index (χ3v) is 12.5. The fourth-order valence-electron chi connectivity index (χ4n) is 10.6. The average molecular weight is 807 g/mol. The third-order valence-electron chi connectivity index (χ3n) is 12.5. The largest absolute Gasteiger partial charge is 0.354 e. The second-order valence-electron chi connectivity index (χ2n) is 17.6. The Hall–Kier alpha value is -5.75. The van der Waals surface area contributed by atoms with Crippen LogP contribution in [0.3, 0.4) is 0 Å². The zero-order chi connectivity index (χ0) is 42.3. The van der Waals surface area contributed by atoms with Crippen LogP contribution < -0.4 is 0 Å². The molecule has 0 aliphatic carbocycles. The van der Waals surface area contributed by atoms with Crippen LogP contribution in [0.2, 0.25) is 0 Å². The molecule has 8 bridgehead atoms. The Morgan fingerprint density at radius 1 is 0.279 bits per heavy atom. The number of aromatic nitrogens is 4. The van der Waals surface area contributed by atoms with Gasteiger partial charge in [-0.1, -0.05) is 70.8 Å². The van der Waals surface area contributed by atoms with E-state index in [4.69, 9.17) is 9.97 Å². The molecule has 2 aliphatic rings. The smallest absolute Gasteiger partial charge is 0.0737 e. The Morgan fingerprint density at radius 2 is 0.459 bits per heavy atom. The first kappa shape index (κ1) is 42.0. The Balaban J connectivity index is 0.00000514. The molecule has 0 atom stereocenters. The Kier molecular flexibility index (Phi) is 11.0. The van der Waals surface area contributed by atoms with Crippen molar-refractivity contribution in [3.8, 4) is 44.5 Å². The molecule has 9 rings (SSSR count). The molecule has 0 amide bonds. The number of aryl methyl sites for hydroxylation is 12. The Morgan fingerprint density at radius 3 is 0.639 bits per heavy atom. The summed E-state index contributed by atoms with van der Waals surface area (Å²) < 4.78 is 0. The fourth-order valence-corrected chi connectivity index (χ4v) is 10.6. The summed E-state index contributed by atoms with van der Waals surface area (Å²) in [7, 11) is 0. The molecule has 5 heteroatoms. The number of nitrogens with one attached hydrogen (secondary N) is 2. The number of nitrogens with zero attached hydrogens (tertiary/aromatic N) is 2. The monoisotopic (exact) mass is 806 g/mol. The molecule has 0 spiro atoms. The van der Waals surface area contributed by atoms with Crippen LogP contribution in [0.15, 0.2) is 72.8 Å². The summed E-state index contributed by atoms with van der Waals surface area (Å²) in [6, 6.07) is 27.3. The van der Waals surface area contributed by atoms with Gasteiger partial charge in [0.15, 0.2) is 0 Å². The first-order valence-electron chi connectivity index (χ1n) is 21.2. The Labute approximate surface area is 377 Å². The molecule has 2 N–H and O–H groups in total. The summed E-state index contributed by atoms with van der Waals surface area (Å²) in [5.74, 6) is 0. The van der Waals surface area contributed by atoms with E-state index in [-0.39, 0.29) is 23.1 Å². The van der Waals surface area contributed by atoms with E-state index in [0.29, 0.717) is 0 Å². The highest BCUT2D eigenvalue weighted by Crippen LogP contribution is 2.43. The van der Waals surface area contributed by atoms with E-state index in [9.17, 15) is 0 Å². The molecule has 0 unspecified atom stereocenters. The molecular formula is C56H54MgN4. The maximum absolute atomic E-state index is 5.63. The van der Waals surface area contributed by atoms with Crippen molar-refractivity contribution < 1.29 is 0 Å². The van der Waals surface area contributed by atoms with Crippen LogP contribution in [-0.4, -0.2) is 43.0 Å². The lowest BCUT2D eigenvalue weighted by Crippen LogP contribution is -1.96. The van der Waals surface area contributed by atoms with Crippen molar-refractivity contribution in [2.75, 3.05) is 0 Å². The number of fused-ring (bicyclic) bond motifs is 8. The summed E-state index contributed by atoms with van der Waals surface area (Å²) in [6.45, 7) is 26.5. The van der Waals surface area contributed by atoms with Gasteiger partial charge in [-0.3, -0.25) is 0 Å². The summed E-state index contributed by atoms with van der Waals surface area (Å²) in [5, 5.41) is 0. The van der Waals surface area contributed by atoms with Crippen molar-refractivity contribution in [1.29, 1.82) is 0 Å². The highest BCUT2D eigenvalue weighted by Gasteiger charge is 2.23. The van der Waals surface area contributed by atoms with Gasteiger partial charge >= 0.3 is 0 Å². The highest BCUT2D eigenvalue weighted by atomic mass is 24.3. The van der Waals surface area contributed by atoms with E-state index in [1.165, 1.54) is 89.0 Å². The first-order valence-corrected chi connectivity index (χ1v) is 21.2. The lowest BCUT2D eigenvalue weighted by molar-refractivity contribution is 1.27. The number of benzene rings is 4. The van der Waals surface area contributed by atoms with Crippen molar-refractivity contribution in [1.82, 2.24) is 19.9 Å². The van der Waals surface area contributed by atoms with Gasteiger partial charge < -0.3 is 9.97 Å². The summed E-state index contributed by atoms with van der Waals surface area (Å²) in [4.78, 5) is 19.2. The molecule has 5 heterocycles. The topological polar surface area (TPSA) is 57.4 Å². The quantitative estimate of drug-likeness (QED) is 0.174. The molecule has 2 radical (unpaired) electrons. The molecule has 2 aliphatic heterocycles. The third kappa shape index (κ3) is 7.32. The van der Waals surface area contributed by atoms with E-state index >= 15 is 0 Å². The molecule has 0 saturated carbocycles. The minimum atomic E-state index is 0. The van der Waals surface area contributed by atoms with Crippen molar-refractivity contribution in [3.63, 3.8) is 0 Å². The number of aromatic amines is 2. The maximum Gasteiger partial charge on any atom is 0.0737 e. The molecule has 0 saturated heterocycles. The van der Waals surface area contributed by atoms with E-state index in [0.717, 1.165) is 67.1 Å². The minimum Gasteiger partial charge on any atom is -0.354 e. The summed E-state index contributed by atoms with van der Waals surface area (Å²) >= 11 is 0. The van der Waals surface area contributed by atoms with Crippen LogP contribution in [0.1, 0.15) is 89.5 Å². The van der Waals surface area contributed by atoms with Crippen LogP contribution >= 0.6 is 0 Å². The lowest BCUT2D eigenvalue weighted by Gasteiger charge is -2.15. The minimum absolute atomic E-state index is 0. The predicted molar refractivity (Wildman–Crippen MR) is 263 cm³/mol. The van der Waals surface area contributed by atoms with E-state index in [1.54, 1.807) is 0 Å². The Bertz CT molecular complexity index is 2710. The average Bonchev–Trinajstić information content (AvgIpc) is 3.99. The molecule has 0 fully saturated rings. The summed E-state index contributed by atoms with van der Waals surface area (Å²) in [6.07, 6.45) is 8.85. The van der Waals surface area contributed by atoms with Crippen molar-refractivity contribution in [2.24, 2.45) is 0 Å². The molecule has 300 valence electrons. The molecule has 3 aromatic heterocycles. The van der Waals surface area contributed by atoms with Crippen LogP contribution in [-0.2, 0) is 0 Å². The molecule has 4 aromatic carbocycles. The SMILES string of the molecule is Cc1cc(C)c(-c2c3nc(c(-c4c(C)cc(C)cc4C)c4ccc([nH]4)c(-c4c(C)cc(C)cc4C)c4nc(c(-c5c(C)cc(C)cc5C)c5ccc2[nH]5)C=C4)C=C3)c(C)c1.[Mg]. The van der Waals surface area contributed by atoms with Gasteiger partial charge in [-0.2, -0.15) is 0 Å². The maximum atomic E-state index is 5.63. The van der Waals surface area contributed by atoms with Gasteiger partial charge in [-0.25, -0.2) is 9.97 Å². The second kappa shape index (κ2) is 15.9. The van der Waals surface area contributed by atoms with E-state index < -0.39 is 0 Å². The summed E-state index contributed by atoms with van der Waals surface area (Å²) in [5.41, 5.74) is 31.8. The van der Waals surface area contributed by atoms with E-state index in [1.807, 2.05) is 0 Å². The fraction of sp³-hybridized carbons (Fsp3) is 0.214. The first-order chi connectivity index (χ1) is 28.7. The van der Waals surface area contributed by atoms with Gasteiger partial charge in [0.2, 0.25) is 0 Å². The van der Waals surface area contributed by atoms with Crippen molar-refractivity contribution >= 4 is 69.4 Å². The predicted octanol–water partition coefficient (Wildman–Crippen LogP) is 14.6. The van der Waals surface area contributed by atoms with Crippen molar-refractivity contribution in [2.45, 2.75) is 83.1 Å². The van der Waals surface area contributed by atoms with Gasteiger partial charge in [0.25, 0.3) is 0 Å². The number of H-pyrrole nitrogens is 2. The van der Waals surface area contributed by atoms with Gasteiger partial charge in [-0.15, -0.1) is 0 Å². The molecule has 61 heavy (non-hydrogen) atoms. The standard InChI is InChI=1S/C56H54N4.Mg/c1-29-21-33(5)49(34(6)22-29)53-41-13-15-43(57-41)54(50-35(7)23-30(2)24-36(50)8)45-17-19-47(59-45)56(52-39(11)27-32(4)28-40(52)12)48-20-18-46(60-48)55(44-16-14-42(53)58-44)51-37(9)25-31(3)26-38(51)10;/h13-28,57,60H,1-12H3;. The number of hydrogen-bond donors (Lipinski definition) is 2. The van der Waals surface area contributed by atoms with E-state index in [2.05, 4.69) is 190 Å². The lowest BCUT2D eigenvalue weighted by atomic mass is 9.92. The van der Waals surface area contributed by atoms with Crippen LogP contribution in [0, 0.1) is 83.1 Å². The highest BCUT2D eigenvalue weighted by molar-refractivity contribution is 6.02. The zero-order valence-electron chi connectivity index (χ0n) is 37.8. The van der Waals surface area contributed by atoms with Gasteiger partial charge in [0.05, 0.1) is 22.8 Å². The molecular weight excluding hydrogens is 753 g/mol. The van der Waals surface area contributed by atoms with Crippen LogP contribution in [0.5, 0.6) is 0 Å². The van der Waals surface area contributed by atoms with Gasteiger partial charge in [0.1, 0.15) is 0 Å². The number of hydrogen-bond acceptors (Lipinski definition) is 2. The van der Waals surface area contributed by atoms with Crippen molar-refractivity contribution in [3.05, 3.63) is 162 Å². The second-order valence-corrected chi connectivity index (χ2v) is 17.6. The van der Waals surface area contributed by atoms with Gasteiger partial charge in [-0.05, 0) is 198 Å². The van der Waals surface area contributed by atoms with Crippen LogP contribution in [0.4, 0.5) is 0 Å². The van der Waals surface area contributed by atoms with Gasteiger partial charge in [0, 0.05) is 67.4 Å². The molecule has 7 aromatic rings. The number of rotatable bonds is 4.